The van der Waals surface area contributed by atoms with Crippen molar-refractivity contribution in [2.24, 2.45) is 0 Å². The zero-order valence-electron chi connectivity index (χ0n) is 71.3. The van der Waals surface area contributed by atoms with E-state index in [9.17, 15) is 57.2 Å². The molecule has 0 aliphatic carbocycles. The predicted molar refractivity (Wildman–Crippen MR) is 522 cm³/mol. The lowest BCUT2D eigenvalue weighted by Gasteiger charge is -2.18. The van der Waals surface area contributed by atoms with E-state index in [0.29, 0.717) is 118 Å². The molecule has 0 unspecified atom stereocenters. The molecule has 4 aliphatic heterocycles. The zero-order chi connectivity index (χ0) is 92.9. The second-order valence-corrected chi connectivity index (χ2v) is 40.5. The summed E-state index contributed by atoms with van der Waals surface area (Å²) in [6, 6.07) is 74.3. The van der Waals surface area contributed by atoms with Crippen LogP contribution in [0, 0.1) is 19.7 Å². The molecule has 4 fully saturated rings. The maximum Gasteiger partial charge on any atom is 0.257 e. The number of amides is 4. The third-order valence-electron chi connectivity index (χ3n) is 22.8. The van der Waals surface area contributed by atoms with E-state index in [1.165, 1.54) is 37.2 Å². The molecule has 0 radical (unpaired) electrons. The first-order chi connectivity index (χ1) is 64.1. The second kappa shape index (κ2) is 38.5. The topological polar surface area (TPSA) is 356 Å². The number of hydrogen-bond acceptors (Lipinski definition) is 19. The lowest BCUT2D eigenvalue weighted by Crippen LogP contribution is -2.26. The van der Waals surface area contributed by atoms with Crippen molar-refractivity contribution in [3.8, 4) is 45.2 Å². The molecule has 0 spiro atoms. The van der Waals surface area contributed by atoms with Gasteiger partial charge in [-0.05, 0) is 244 Å². The molecule has 0 saturated carbocycles. The summed E-state index contributed by atoms with van der Waals surface area (Å²) in [5.74, 6) is -1.26. The number of pyridine rings is 5. The molecule has 10 aromatic carbocycles. The average Bonchev–Trinajstić information content (AvgIpc) is 1.44. The van der Waals surface area contributed by atoms with Crippen molar-refractivity contribution in [3.63, 3.8) is 0 Å². The molecule has 670 valence electrons. The van der Waals surface area contributed by atoms with Crippen LogP contribution in [0.2, 0.25) is 10.0 Å². The van der Waals surface area contributed by atoms with Gasteiger partial charge in [-0.1, -0.05) is 89.9 Å². The highest BCUT2D eigenvalue weighted by atomic mass is 35.5. The van der Waals surface area contributed by atoms with Crippen molar-refractivity contribution in [3.05, 3.63) is 341 Å². The molecular weight excluding hydrogens is 1810 g/mol. The molecule has 20 rings (SSSR count). The minimum atomic E-state index is -3.52. The van der Waals surface area contributed by atoms with Crippen LogP contribution in [0.3, 0.4) is 0 Å². The third kappa shape index (κ3) is 20.2. The summed E-state index contributed by atoms with van der Waals surface area (Å²) < 4.78 is 117. The molecule has 133 heavy (non-hydrogen) atoms. The van der Waals surface area contributed by atoms with E-state index in [-0.39, 0.29) is 63.2 Å². The molecule has 4 saturated heterocycles. The number of benzene rings is 10. The third-order valence-corrected chi connectivity index (χ3v) is 30.9. The number of carbonyl (C=O) groups excluding carboxylic acids is 4. The van der Waals surface area contributed by atoms with Gasteiger partial charge in [0.05, 0.1) is 95.0 Å². The van der Waals surface area contributed by atoms with E-state index < -0.39 is 57.7 Å². The molecule has 0 bridgehead atoms. The Bertz CT molecular complexity index is 7780. The molecule has 16 aromatic rings. The zero-order valence-corrected chi connectivity index (χ0v) is 76.1. The first-order valence-electron chi connectivity index (χ1n) is 42.2. The van der Waals surface area contributed by atoms with Gasteiger partial charge < -0.3 is 21.3 Å². The SMILES string of the molecule is Cc1ccc(NC(=O)c2ccc(N3CCCS3(=O)=O)cc2)cc1-c1ccc2cnccc2n1.Cc1ccc(NC(=O)c2ccc(N3CCCS3(=O)=O)cc2)cc1-c1nccc2ncccc12.O=C(Nc1ccc(Cl)c(-c2nccc3ccccc23)c1)c1ccc(N2CCCS2(=O)=O)c(F)c1.O=C(Nc1cccc(-c2ncc3ccccc3n2)c1)c1ccc(N2CCCS2(=O)=O)cc1Cl. The summed E-state index contributed by atoms with van der Waals surface area (Å²) in [6.07, 6.45) is 12.7. The summed E-state index contributed by atoms with van der Waals surface area (Å²) in [5, 5.41) is 16.9. The number of hydrogen-bond donors (Lipinski definition) is 4. The van der Waals surface area contributed by atoms with Crippen LogP contribution in [-0.4, -0.2) is 141 Å². The number of rotatable bonds is 16. The van der Waals surface area contributed by atoms with Gasteiger partial charge in [0.1, 0.15) is 5.82 Å². The van der Waals surface area contributed by atoms with Crippen molar-refractivity contribution in [2.75, 3.05) is 87.7 Å². The highest BCUT2D eigenvalue weighted by molar-refractivity contribution is 7.94. The van der Waals surface area contributed by atoms with Gasteiger partial charge in [0.25, 0.3) is 23.6 Å². The van der Waals surface area contributed by atoms with Gasteiger partial charge in [0, 0.05) is 147 Å². The van der Waals surface area contributed by atoms with E-state index >= 15 is 0 Å². The number of nitrogens with one attached hydrogen (secondary N) is 4. The molecule has 4 N–H and O–H groups in total. The summed E-state index contributed by atoms with van der Waals surface area (Å²) in [7, 11) is -13.3. The standard InChI is InChI=1S/C25H19ClFN3O3S.2C25H22N4O3S.C24H19ClN4O3S/c26-21-8-7-18(15-20(21)24-19-5-2-1-4-16(19)10-11-28-24)29-25(31)17-6-9-23(22(27)14-17)30-12-3-13-34(30,32)33;1-17-3-7-20(15-22(17)24-10-6-19-16-26-12-11-23(19)28-24)27-25(30)18-4-8-21(9-5-18)29-13-2-14-33(29,31)32;1-17-5-8-19(16-22(17)24-21-4-2-12-26-23(21)11-13-27-24)28-25(30)18-6-9-20(10-7-18)29-14-3-15-33(29,31)32;25-21-14-19(29-11-4-12-33(29,31)32)9-10-20(21)24(30)27-18-7-3-6-16(13-18)23-26-15-17-5-1-2-8-22(17)28-23/h1-2,4-11,14-15H,3,12-13H2,(H,29,31);3-12,15-16H,2,13-14H2,1H3,(H,27,30);2,4-13,16H,3,14-15H2,1H3,(H,28,30);1-3,5-10,13-15H,4,11-12H2,(H,27,30). The van der Waals surface area contributed by atoms with Gasteiger partial charge in [0.15, 0.2) is 5.82 Å². The quantitative estimate of drug-likeness (QED) is 0.0698. The summed E-state index contributed by atoms with van der Waals surface area (Å²) >= 11 is 12.8. The molecule has 4 amide bonds. The highest BCUT2D eigenvalue weighted by Gasteiger charge is 2.34. The largest absolute Gasteiger partial charge is 0.322 e. The van der Waals surface area contributed by atoms with Crippen LogP contribution in [-0.2, 0) is 40.1 Å². The van der Waals surface area contributed by atoms with Gasteiger partial charge in [0.2, 0.25) is 40.1 Å². The number of carbonyl (C=O) groups is 4. The van der Waals surface area contributed by atoms with Gasteiger partial charge in [-0.3, -0.25) is 56.3 Å². The number of halogens is 3. The Hall–Kier alpha value is -14.5. The van der Waals surface area contributed by atoms with Crippen molar-refractivity contribution < 1.29 is 57.2 Å². The Labute approximate surface area is 776 Å². The van der Waals surface area contributed by atoms with E-state index in [0.717, 1.165) is 93.1 Å². The van der Waals surface area contributed by atoms with Crippen LogP contribution in [0.25, 0.3) is 88.6 Å². The second-order valence-electron chi connectivity index (χ2n) is 31.7. The fraction of sp³-hybridized carbons (Fsp3) is 0.141. The summed E-state index contributed by atoms with van der Waals surface area (Å²) in [6.45, 7) is 5.58. The number of aromatic nitrogens is 7. The summed E-state index contributed by atoms with van der Waals surface area (Å²) in [5.41, 5.74) is 15.3. The summed E-state index contributed by atoms with van der Waals surface area (Å²) in [4.78, 5) is 82.7. The van der Waals surface area contributed by atoms with Crippen molar-refractivity contribution in [1.82, 2.24) is 34.9 Å². The predicted octanol–water partition coefficient (Wildman–Crippen LogP) is 19.0. The fourth-order valence-electron chi connectivity index (χ4n) is 16.0. The maximum atomic E-state index is 14.7. The molecule has 6 aromatic heterocycles. The van der Waals surface area contributed by atoms with E-state index in [4.69, 9.17) is 28.2 Å². The van der Waals surface area contributed by atoms with Crippen LogP contribution < -0.4 is 38.5 Å². The lowest BCUT2D eigenvalue weighted by atomic mass is 10.0. The van der Waals surface area contributed by atoms with Crippen LogP contribution in [0.4, 0.5) is 49.9 Å². The first kappa shape index (κ1) is 90.4. The van der Waals surface area contributed by atoms with Gasteiger partial charge in [-0.2, -0.15) is 0 Å². The Kier molecular flexibility index (Phi) is 26.2. The van der Waals surface area contributed by atoms with Crippen LogP contribution >= 0.6 is 23.2 Å². The van der Waals surface area contributed by atoms with Crippen molar-refractivity contribution in [1.29, 1.82) is 0 Å². The lowest BCUT2D eigenvalue weighted by molar-refractivity contribution is 0.101. The van der Waals surface area contributed by atoms with Gasteiger partial charge in [-0.15, -0.1) is 0 Å². The molecule has 34 heteroatoms. The molecule has 27 nitrogen and oxygen atoms in total. The highest BCUT2D eigenvalue weighted by Crippen LogP contribution is 2.39. The minimum Gasteiger partial charge on any atom is -0.322 e. The van der Waals surface area contributed by atoms with Crippen LogP contribution in [0.5, 0.6) is 0 Å². The Morgan fingerprint density at radius 1 is 0.361 bits per heavy atom. The van der Waals surface area contributed by atoms with Gasteiger partial charge in [-0.25, -0.2) is 53.0 Å². The first-order valence-corrected chi connectivity index (χ1v) is 49.4. The van der Waals surface area contributed by atoms with Crippen molar-refractivity contribution >= 4 is 176 Å². The van der Waals surface area contributed by atoms with Crippen molar-refractivity contribution in [2.45, 2.75) is 39.5 Å². The monoisotopic (exact) mass is 1890 g/mol. The maximum absolute atomic E-state index is 14.7. The van der Waals surface area contributed by atoms with Gasteiger partial charge >= 0.3 is 0 Å². The molecular formula is C99H82Cl2FN15O12S4. The van der Waals surface area contributed by atoms with Crippen LogP contribution in [0.15, 0.2) is 292 Å². The number of aryl methyl sites for hydroxylation is 2. The smallest absolute Gasteiger partial charge is 0.257 e. The Morgan fingerprint density at radius 3 is 1.49 bits per heavy atom. The Morgan fingerprint density at radius 2 is 0.865 bits per heavy atom. The minimum absolute atomic E-state index is 0.0147. The molecule has 0 atom stereocenters. The fourth-order valence-corrected chi connectivity index (χ4v) is 22.7. The number of nitrogens with zero attached hydrogens (tertiary/aromatic N) is 11. The number of anilines is 8. The average molecular weight is 1890 g/mol. The van der Waals surface area contributed by atoms with Crippen LogP contribution in [0.1, 0.15) is 78.2 Å². The normalized spacial score (nSPS) is 15.0. The van der Waals surface area contributed by atoms with E-state index in [1.807, 2.05) is 153 Å². The number of sulfonamides is 4. The van der Waals surface area contributed by atoms with E-state index in [1.54, 1.807) is 122 Å². The number of para-hydroxylation sites is 1. The molecule has 4 aliphatic rings. The van der Waals surface area contributed by atoms with E-state index in [2.05, 4.69) is 51.2 Å². The molecule has 10 heterocycles. The number of fused-ring (bicyclic) bond motifs is 4. The Balaban J connectivity index is 0.000000124.